The molecule has 0 spiro atoms. The number of rotatable bonds is 3. The smallest absolute Gasteiger partial charge is 0.197 e. The number of fused-ring (bicyclic) bond motifs is 1. The highest BCUT2D eigenvalue weighted by atomic mass is 79.9. The lowest BCUT2D eigenvalue weighted by atomic mass is 10.2. The maximum Gasteiger partial charge on any atom is 0.197 e. The fourth-order valence-electron chi connectivity index (χ4n) is 2.10. The van der Waals surface area contributed by atoms with Gasteiger partial charge in [-0.05, 0) is 34.5 Å². The Kier molecular flexibility index (Phi) is 3.44. The molecule has 102 valence electrons. The molecule has 0 radical (unpaired) electrons. The number of nitrogens with zero attached hydrogens (tertiary/aromatic N) is 2. The van der Waals surface area contributed by atoms with Gasteiger partial charge >= 0.3 is 0 Å². The summed E-state index contributed by atoms with van der Waals surface area (Å²) in [5, 5.41) is 4.13. The predicted molar refractivity (Wildman–Crippen MR) is 83.9 cm³/mol. The monoisotopic (exact) mass is 331 g/mol. The van der Waals surface area contributed by atoms with Crippen molar-refractivity contribution < 1.29 is 4.42 Å². The molecular weight excluding hydrogens is 318 g/mol. The van der Waals surface area contributed by atoms with Crippen LogP contribution in [0.4, 0.5) is 5.82 Å². The van der Waals surface area contributed by atoms with E-state index in [-0.39, 0.29) is 0 Å². The lowest BCUT2D eigenvalue weighted by Crippen LogP contribution is -2.02. The van der Waals surface area contributed by atoms with E-state index in [1.165, 1.54) is 0 Å². The Morgan fingerprint density at radius 1 is 1.25 bits per heavy atom. The Bertz CT molecular complexity index is 709. The zero-order valence-electron chi connectivity index (χ0n) is 11.3. The minimum atomic E-state index is 0.602. The second kappa shape index (κ2) is 5.25. The Morgan fingerprint density at radius 2 is 2.05 bits per heavy atom. The van der Waals surface area contributed by atoms with Gasteiger partial charge in [-0.2, -0.15) is 0 Å². The molecule has 2 heterocycles. The van der Waals surface area contributed by atoms with Crippen LogP contribution in [0.3, 0.4) is 0 Å². The summed E-state index contributed by atoms with van der Waals surface area (Å²) < 4.78 is 6.73. The fourth-order valence-corrected chi connectivity index (χ4v) is 2.75. The van der Waals surface area contributed by atoms with Crippen molar-refractivity contribution >= 4 is 32.7 Å². The summed E-state index contributed by atoms with van der Waals surface area (Å²) in [5.74, 6) is 2.06. The molecule has 0 aliphatic rings. The van der Waals surface area contributed by atoms with Crippen LogP contribution in [-0.4, -0.2) is 17.0 Å². The molecule has 2 aromatic heterocycles. The third-order valence-corrected chi connectivity index (χ3v) is 3.97. The van der Waals surface area contributed by atoms with Crippen LogP contribution in [0.25, 0.3) is 22.6 Å². The van der Waals surface area contributed by atoms with Crippen molar-refractivity contribution in [2.75, 3.05) is 12.4 Å². The van der Waals surface area contributed by atoms with Crippen molar-refractivity contribution in [1.82, 2.24) is 9.97 Å². The fraction of sp³-hybridized carbons (Fsp3) is 0.200. The van der Waals surface area contributed by atoms with E-state index in [2.05, 4.69) is 38.1 Å². The molecule has 0 amide bonds. The van der Waals surface area contributed by atoms with E-state index in [9.17, 15) is 0 Å². The molecule has 3 rings (SSSR count). The average Bonchev–Trinajstić information content (AvgIpc) is 2.91. The summed E-state index contributed by atoms with van der Waals surface area (Å²) in [6, 6.07) is 9.87. The minimum absolute atomic E-state index is 0.602. The number of anilines is 1. The summed E-state index contributed by atoms with van der Waals surface area (Å²) in [6.45, 7) is 2.06. The molecule has 0 bridgehead atoms. The van der Waals surface area contributed by atoms with Gasteiger partial charge in [0.25, 0.3) is 0 Å². The molecule has 0 aliphatic heterocycles. The normalized spacial score (nSPS) is 10.9. The molecule has 0 saturated heterocycles. The second-order valence-electron chi connectivity index (χ2n) is 4.41. The summed E-state index contributed by atoms with van der Waals surface area (Å²) in [7, 11) is 1.84. The van der Waals surface area contributed by atoms with E-state index in [0.29, 0.717) is 11.6 Å². The van der Waals surface area contributed by atoms with Crippen LogP contribution in [0.15, 0.2) is 39.2 Å². The molecule has 1 aromatic carbocycles. The van der Waals surface area contributed by atoms with E-state index in [1.54, 1.807) is 0 Å². The van der Waals surface area contributed by atoms with Crippen LogP contribution in [0, 0.1) is 0 Å². The first-order valence-electron chi connectivity index (χ1n) is 6.46. The highest BCUT2D eigenvalue weighted by Gasteiger charge is 2.14. The second-order valence-corrected chi connectivity index (χ2v) is 5.20. The van der Waals surface area contributed by atoms with Gasteiger partial charge in [0.1, 0.15) is 11.4 Å². The van der Waals surface area contributed by atoms with E-state index in [1.807, 2.05) is 37.4 Å². The summed E-state index contributed by atoms with van der Waals surface area (Å²) in [5.41, 5.74) is 1.80. The molecular formula is C15H14BrN3O. The highest BCUT2D eigenvalue weighted by molar-refractivity contribution is 9.10. The van der Waals surface area contributed by atoms with Crippen LogP contribution in [0.2, 0.25) is 0 Å². The number of aryl methyl sites for hydroxylation is 1. The van der Waals surface area contributed by atoms with Gasteiger partial charge in [0, 0.05) is 12.4 Å². The summed E-state index contributed by atoms with van der Waals surface area (Å²) in [6.07, 6.45) is 0.824. The first kappa shape index (κ1) is 13.1. The molecule has 1 N–H and O–H groups in total. The number of hydrogen-bond donors (Lipinski definition) is 1. The molecule has 3 aromatic rings. The molecule has 4 nitrogen and oxygen atoms in total. The number of benzene rings is 1. The van der Waals surface area contributed by atoms with Crippen molar-refractivity contribution in [3.8, 4) is 11.6 Å². The topological polar surface area (TPSA) is 51.0 Å². The summed E-state index contributed by atoms with van der Waals surface area (Å²) >= 11 is 3.52. The van der Waals surface area contributed by atoms with E-state index in [0.717, 1.165) is 33.4 Å². The van der Waals surface area contributed by atoms with Gasteiger partial charge in [-0.3, -0.25) is 0 Å². The van der Waals surface area contributed by atoms with Crippen LogP contribution in [0.1, 0.15) is 12.6 Å². The Hall–Kier alpha value is -1.88. The molecule has 0 aliphatic carbocycles. The minimum Gasteiger partial charge on any atom is -0.453 e. The van der Waals surface area contributed by atoms with Gasteiger partial charge in [-0.15, -0.1) is 0 Å². The Labute approximate surface area is 125 Å². The van der Waals surface area contributed by atoms with Gasteiger partial charge in [-0.1, -0.05) is 25.1 Å². The predicted octanol–water partition coefficient (Wildman–Crippen LogP) is 4.26. The maximum absolute atomic E-state index is 5.82. The van der Waals surface area contributed by atoms with Crippen molar-refractivity contribution in [2.24, 2.45) is 0 Å². The van der Waals surface area contributed by atoms with Crippen LogP contribution >= 0.6 is 15.9 Å². The SMILES string of the molecule is CCc1nc(-c2cc3ccccc3o2)nc(NC)c1Br. The van der Waals surface area contributed by atoms with Crippen LogP contribution in [0.5, 0.6) is 0 Å². The van der Waals surface area contributed by atoms with Gasteiger partial charge in [-0.25, -0.2) is 9.97 Å². The highest BCUT2D eigenvalue weighted by Crippen LogP contribution is 2.30. The number of halogens is 1. The lowest BCUT2D eigenvalue weighted by Gasteiger charge is -2.08. The average molecular weight is 332 g/mol. The van der Waals surface area contributed by atoms with Crippen molar-refractivity contribution in [3.05, 3.63) is 40.5 Å². The Morgan fingerprint density at radius 3 is 2.75 bits per heavy atom. The largest absolute Gasteiger partial charge is 0.453 e. The number of aromatic nitrogens is 2. The van der Waals surface area contributed by atoms with Crippen LogP contribution in [-0.2, 0) is 6.42 Å². The summed E-state index contributed by atoms with van der Waals surface area (Å²) in [4.78, 5) is 9.08. The number of para-hydroxylation sites is 1. The van der Waals surface area contributed by atoms with Gasteiger partial charge in [0.05, 0.1) is 10.2 Å². The Balaban J connectivity index is 2.18. The maximum atomic E-state index is 5.82. The van der Waals surface area contributed by atoms with Crippen LogP contribution < -0.4 is 5.32 Å². The number of hydrogen-bond acceptors (Lipinski definition) is 4. The first-order valence-corrected chi connectivity index (χ1v) is 7.25. The lowest BCUT2D eigenvalue weighted by molar-refractivity contribution is 0.624. The molecule has 0 atom stereocenters. The standard InChI is InChI=1S/C15H14BrN3O/c1-3-10-13(16)15(17-2)19-14(18-10)12-8-9-6-4-5-7-11(9)20-12/h4-8H,3H2,1-2H3,(H,17,18,19). The number of nitrogens with one attached hydrogen (secondary N) is 1. The van der Waals surface area contributed by atoms with Crippen molar-refractivity contribution in [3.63, 3.8) is 0 Å². The number of furan rings is 1. The first-order chi connectivity index (χ1) is 9.72. The quantitative estimate of drug-likeness (QED) is 0.779. The molecule has 0 unspecified atom stereocenters. The van der Waals surface area contributed by atoms with Gasteiger partial charge < -0.3 is 9.73 Å². The van der Waals surface area contributed by atoms with Gasteiger partial charge in [0.2, 0.25) is 0 Å². The molecule has 0 fully saturated rings. The van der Waals surface area contributed by atoms with Crippen molar-refractivity contribution in [1.29, 1.82) is 0 Å². The third-order valence-electron chi connectivity index (χ3n) is 3.14. The zero-order valence-corrected chi connectivity index (χ0v) is 12.9. The molecule has 0 saturated carbocycles. The third kappa shape index (κ3) is 2.18. The van der Waals surface area contributed by atoms with Gasteiger partial charge in [0.15, 0.2) is 11.6 Å². The molecule has 5 heteroatoms. The van der Waals surface area contributed by atoms with E-state index in [4.69, 9.17) is 4.42 Å². The van der Waals surface area contributed by atoms with Crippen molar-refractivity contribution in [2.45, 2.75) is 13.3 Å². The zero-order chi connectivity index (χ0) is 14.1. The van der Waals surface area contributed by atoms with E-state index < -0.39 is 0 Å². The van der Waals surface area contributed by atoms with E-state index >= 15 is 0 Å². The molecule has 20 heavy (non-hydrogen) atoms.